The minimum atomic E-state index is 0.341. The summed E-state index contributed by atoms with van der Waals surface area (Å²) >= 11 is 1.61. The summed E-state index contributed by atoms with van der Waals surface area (Å²) in [5, 5.41) is 8.00. The molecule has 3 aromatic rings. The van der Waals surface area contributed by atoms with Crippen LogP contribution in [0.5, 0.6) is 0 Å². The monoisotopic (exact) mass is 258 g/mol. The number of thiophene rings is 1. The normalized spacial score (nSPS) is 10.7. The molecule has 0 saturated carbocycles. The quantitative estimate of drug-likeness (QED) is 0.764. The highest BCUT2D eigenvalue weighted by atomic mass is 32.1. The third-order valence-electron chi connectivity index (χ3n) is 2.56. The maximum absolute atomic E-state index is 5.82. The van der Waals surface area contributed by atoms with E-state index in [-0.39, 0.29) is 0 Å². The zero-order valence-electron chi connectivity index (χ0n) is 9.62. The lowest BCUT2D eigenvalue weighted by Crippen LogP contribution is -1.92. The molecule has 90 valence electrons. The largest absolute Gasteiger partial charge is 0.397 e. The third-order valence-corrected chi connectivity index (χ3v) is 3.43. The van der Waals surface area contributed by atoms with Crippen LogP contribution in [0.1, 0.15) is 5.56 Å². The number of aromatic nitrogens is 3. The van der Waals surface area contributed by atoms with Gasteiger partial charge >= 0.3 is 0 Å². The van der Waals surface area contributed by atoms with Crippen LogP contribution in [0, 0.1) is 6.92 Å². The second-order valence-corrected chi connectivity index (χ2v) is 4.58. The van der Waals surface area contributed by atoms with Gasteiger partial charge in [-0.1, -0.05) is 5.16 Å². The lowest BCUT2D eigenvalue weighted by molar-refractivity contribution is 0.431. The van der Waals surface area contributed by atoms with E-state index in [9.17, 15) is 0 Å². The Balaban J connectivity index is 2.05. The average molecular weight is 258 g/mol. The molecule has 5 nitrogen and oxygen atoms in total. The van der Waals surface area contributed by atoms with Crippen molar-refractivity contribution >= 4 is 17.0 Å². The van der Waals surface area contributed by atoms with E-state index in [1.807, 2.05) is 17.7 Å². The third kappa shape index (κ3) is 1.76. The molecule has 0 aliphatic carbocycles. The van der Waals surface area contributed by atoms with Crippen LogP contribution in [0.15, 0.2) is 33.6 Å². The summed E-state index contributed by atoms with van der Waals surface area (Å²) in [4.78, 5) is 8.48. The topological polar surface area (TPSA) is 77.8 Å². The first-order valence-electron chi connectivity index (χ1n) is 5.33. The highest BCUT2D eigenvalue weighted by Crippen LogP contribution is 2.27. The average Bonchev–Trinajstić information content (AvgIpc) is 2.98. The van der Waals surface area contributed by atoms with Crippen molar-refractivity contribution < 1.29 is 4.52 Å². The van der Waals surface area contributed by atoms with Gasteiger partial charge in [0, 0.05) is 17.1 Å². The van der Waals surface area contributed by atoms with Gasteiger partial charge in [-0.15, -0.1) is 0 Å². The van der Waals surface area contributed by atoms with Crippen molar-refractivity contribution in [2.45, 2.75) is 6.92 Å². The minimum Gasteiger partial charge on any atom is -0.397 e. The van der Waals surface area contributed by atoms with Gasteiger partial charge in [0.05, 0.1) is 5.69 Å². The number of aryl methyl sites for hydroxylation is 1. The number of nitrogen functional groups attached to an aromatic ring is 1. The van der Waals surface area contributed by atoms with E-state index in [0.29, 0.717) is 23.1 Å². The highest BCUT2D eigenvalue weighted by molar-refractivity contribution is 7.08. The highest BCUT2D eigenvalue weighted by Gasteiger charge is 2.15. The van der Waals surface area contributed by atoms with Gasteiger partial charge in [0.1, 0.15) is 0 Å². The van der Waals surface area contributed by atoms with Crippen LogP contribution in [0.4, 0.5) is 5.69 Å². The molecule has 3 aromatic heterocycles. The second kappa shape index (κ2) is 4.23. The number of nitrogens with zero attached hydrogens (tertiary/aromatic N) is 3. The minimum absolute atomic E-state index is 0.341. The van der Waals surface area contributed by atoms with E-state index in [2.05, 4.69) is 15.1 Å². The first kappa shape index (κ1) is 10.9. The predicted molar refractivity (Wildman–Crippen MR) is 70.0 cm³/mol. The van der Waals surface area contributed by atoms with Crippen LogP contribution in [0.25, 0.3) is 23.0 Å². The van der Waals surface area contributed by atoms with Crippen molar-refractivity contribution in [1.82, 2.24) is 15.1 Å². The van der Waals surface area contributed by atoms with Crippen molar-refractivity contribution in [2.24, 2.45) is 0 Å². The van der Waals surface area contributed by atoms with Crippen molar-refractivity contribution in [1.29, 1.82) is 0 Å². The van der Waals surface area contributed by atoms with Crippen molar-refractivity contribution in [3.63, 3.8) is 0 Å². The maximum atomic E-state index is 5.82. The van der Waals surface area contributed by atoms with Gasteiger partial charge in [-0.2, -0.15) is 16.3 Å². The molecule has 0 aromatic carbocycles. The fourth-order valence-corrected chi connectivity index (χ4v) is 2.44. The molecule has 0 radical (unpaired) electrons. The van der Waals surface area contributed by atoms with Crippen molar-refractivity contribution in [2.75, 3.05) is 5.73 Å². The van der Waals surface area contributed by atoms with Crippen LogP contribution in [0.3, 0.4) is 0 Å². The summed E-state index contributed by atoms with van der Waals surface area (Å²) in [6, 6.07) is 3.52. The van der Waals surface area contributed by atoms with E-state index in [1.165, 1.54) is 0 Å². The molecule has 0 amide bonds. The second-order valence-electron chi connectivity index (χ2n) is 3.83. The SMILES string of the molecule is Cc1cscc1-c1noc(-c2ncccc2N)n1. The molecule has 0 bridgehead atoms. The zero-order chi connectivity index (χ0) is 12.5. The van der Waals surface area contributed by atoms with E-state index >= 15 is 0 Å². The van der Waals surface area contributed by atoms with Crippen molar-refractivity contribution in [3.05, 3.63) is 34.7 Å². The van der Waals surface area contributed by atoms with Crippen molar-refractivity contribution in [3.8, 4) is 23.0 Å². The summed E-state index contributed by atoms with van der Waals surface area (Å²) in [7, 11) is 0. The van der Waals surface area contributed by atoms with Gasteiger partial charge in [-0.25, -0.2) is 4.98 Å². The fraction of sp³-hybridized carbons (Fsp3) is 0.0833. The number of nitrogens with two attached hydrogens (primary N) is 1. The van der Waals surface area contributed by atoms with Crippen LogP contribution >= 0.6 is 11.3 Å². The molecule has 0 atom stereocenters. The van der Waals surface area contributed by atoms with Gasteiger partial charge in [0.2, 0.25) is 5.82 Å². The van der Waals surface area contributed by atoms with Gasteiger partial charge in [-0.3, -0.25) is 0 Å². The number of rotatable bonds is 2. The number of pyridine rings is 1. The van der Waals surface area contributed by atoms with E-state index in [1.54, 1.807) is 29.7 Å². The van der Waals surface area contributed by atoms with Crippen LogP contribution in [-0.2, 0) is 0 Å². The molecule has 6 heteroatoms. The molecule has 0 unspecified atom stereocenters. The molecule has 2 N–H and O–H groups in total. The molecule has 0 aliphatic heterocycles. The Hall–Kier alpha value is -2.21. The Morgan fingerprint density at radius 3 is 2.94 bits per heavy atom. The zero-order valence-corrected chi connectivity index (χ0v) is 10.4. The molecule has 18 heavy (non-hydrogen) atoms. The first-order valence-corrected chi connectivity index (χ1v) is 6.27. The summed E-state index contributed by atoms with van der Waals surface area (Å²) in [6.45, 7) is 2.01. The van der Waals surface area contributed by atoms with Crippen LogP contribution in [-0.4, -0.2) is 15.1 Å². The van der Waals surface area contributed by atoms with Gasteiger partial charge < -0.3 is 10.3 Å². The lowest BCUT2D eigenvalue weighted by Gasteiger charge is -1.96. The molecule has 0 spiro atoms. The maximum Gasteiger partial charge on any atom is 0.278 e. The summed E-state index contributed by atoms with van der Waals surface area (Å²) in [5.74, 6) is 0.905. The van der Waals surface area contributed by atoms with E-state index in [4.69, 9.17) is 10.3 Å². The number of hydrogen-bond donors (Lipinski definition) is 1. The standard InChI is InChI=1S/C12H10N4OS/c1-7-5-18-6-8(7)11-15-12(17-16-11)10-9(13)3-2-4-14-10/h2-6H,13H2,1H3. The summed E-state index contributed by atoms with van der Waals surface area (Å²) in [5.41, 5.74) is 8.97. The van der Waals surface area contributed by atoms with Gasteiger partial charge in [0.25, 0.3) is 5.89 Å². The Bertz CT molecular complexity index is 689. The molecule has 3 heterocycles. The number of anilines is 1. The number of hydrogen-bond acceptors (Lipinski definition) is 6. The van der Waals surface area contributed by atoms with Crippen LogP contribution in [0.2, 0.25) is 0 Å². The van der Waals surface area contributed by atoms with E-state index < -0.39 is 0 Å². The molecule has 3 rings (SSSR count). The predicted octanol–water partition coefficient (Wildman–Crippen LogP) is 2.75. The van der Waals surface area contributed by atoms with Gasteiger partial charge in [0.15, 0.2) is 5.69 Å². The first-order chi connectivity index (χ1) is 8.75. The van der Waals surface area contributed by atoms with E-state index in [0.717, 1.165) is 11.1 Å². The summed E-state index contributed by atoms with van der Waals surface area (Å²) < 4.78 is 5.21. The molecule has 0 aliphatic rings. The molecular weight excluding hydrogens is 248 g/mol. The Morgan fingerprint density at radius 1 is 1.33 bits per heavy atom. The fourth-order valence-electron chi connectivity index (χ4n) is 1.62. The van der Waals surface area contributed by atoms with Crippen LogP contribution < -0.4 is 5.73 Å². The molecule has 0 saturated heterocycles. The van der Waals surface area contributed by atoms with Gasteiger partial charge in [-0.05, 0) is 30.0 Å². The Kier molecular flexibility index (Phi) is 2.56. The molecular formula is C12H10N4OS. The molecule has 0 fully saturated rings. The Labute approximate surface area is 107 Å². The smallest absolute Gasteiger partial charge is 0.278 e. The summed E-state index contributed by atoms with van der Waals surface area (Å²) in [6.07, 6.45) is 1.64. The lowest BCUT2D eigenvalue weighted by atomic mass is 10.2. The Morgan fingerprint density at radius 2 is 2.22 bits per heavy atom.